The summed E-state index contributed by atoms with van der Waals surface area (Å²) in [5.74, 6) is 0. The SMILES string of the molecule is c1ccc(B2N(c3ccccc3)B(c3ccccc3)N(c3ccc(-c4cccc5c4oc4ccccc45)cc3)B(c3ccccc3)N2c2ccccc2)cc1. The highest BCUT2D eigenvalue weighted by atomic mass is 16.3. The number of nitrogens with zero attached hydrogens (tertiary/aromatic N) is 3. The second-order valence-electron chi connectivity index (χ2n) is 14.1. The Hall–Kier alpha value is -6.85. The van der Waals surface area contributed by atoms with Crippen LogP contribution in [0, 0.1) is 0 Å². The predicted octanol–water partition coefficient (Wildman–Crippen LogP) is 9.27. The molecule has 55 heavy (non-hydrogen) atoms. The van der Waals surface area contributed by atoms with Crippen molar-refractivity contribution in [1.82, 2.24) is 0 Å². The van der Waals surface area contributed by atoms with Gasteiger partial charge in [-0.2, -0.15) is 0 Å². The van der Waals surface area contributed by atoms with Crippen LogP contribution in [0.25, 0.3) is 33.1 Å². The minimum Gasteiger partial charge on any atom is -0.455 e. The smallest absolute Gasteiger partial charge is 0.388 e. The molecule has 0 bridgehead atoms. The first-order chi connectivity index (χ1) is 27.3. The summed E-state index contributed by atoms with van der Waals surface area (Å²) in [5, 5.41) is 2.26. The zero-order valence-electron chi connectivity index (χ0n) is 30.3. The fourth-order valence-corrected chi connectivity index (χ4v) is 8.48. The normalized spacial score (nSPS) is 13.2. The molecule has 8 aromatic carbocycles. The first-order valence-corrected chi connectivity index (χ1v) is 18.9. The van der Waals surface area contributed by atoms with Crippen LogP contribution in [0.1, 0.15) is 0 Å². The van der Waals surface area contributed by atoms with E-state index in [9.17, 15) is 0 Å². The van der Waals surface area contributed by atoms with Gasteiger partial charge in [-0.1, -0.05) is 176 Å². The zero-order chi connectivity index (χ0) is 36.6. The molecule has 0 amide bonds. The molecule has 0 saturated carbocycles. The summed E-state index contributed by atoms with van der Waals surface area (Å²) >= 11 is 0. The minimum absolute atomic E-state index is 0.164. The Morgan fingerprint density at radius 2 is 0.691 bits per heavy atom. The number of anilines is 3. The molecule has 0 atom stereocenters. The quantitative estimate of drug-likeness (QED) is 0.155. The van der Waals surface area contributed by atoms with Gasteiger partial charge in [0.05, 0.1) is 0 Å². The van der Waals surface area contributed by atoms with Gasteiger partial charge in [0.2, 0.25) is 0 Å². The van der Waals surface area contributed by atoms with Gasteiger partial charge in [0, 0.05) is 33.4 Å². The molecule has 1 aliphatic rings. The van der Waals surface area contributed by atoms with Crippen molar-refractivity contribution in [2.45, 2.75) is 0 Å². The van der Waals surface area contributed by atoms with Gasteiger partial charge in [0.1, 0.15) is 11.2 Å². The van der Waals surface area contributed by atoms with Gasteiger partial charge in [-0.15, -0.1) is 0 Å². The van der Waals surface area contributed by atoms with E-state index >= 15 is 0 Å². The van der Waals surface area contributed by atoms with Gasteiger partial charge in [0.15, 0.2) is 0 Å². The highest BCUT2D eigenvalue weighted by Gasteiger charge is 2.55. The van der Waals surface area contributed by atoms with E-state index < -0.39 is 0 Å². The van der Waals surface area contributed by atoms with Gasteiger partial charge >= 0.3 is 20.9 Å². The predicted molar refractivity (Wildman–Crippen MR) is 235 cm³/mol. The summed E-state index contributed by atoms with van der Waals surface area (Å²) in [7, 11) is 0. The molecule has 2 heterocycles. The highest BCUT2D eigenvalue weighted by Crippen LogP contribution is 2.38. The molecule has 0 aliphatic carbocycles. The molecular formula is C48H36B3N3O. The lowest BCUT2D eigenvalue weighted by atomic mass is 9.37. The third kappa shape index (κ3) is 5.85. The Morgan fingerprint density at radius 3 is 1.16 bits per heavy atom. The molecule has 1 saturated heterocycles. The van der Waals surface area contributed by atoms with Crippen LogP contribution in [0.4, 0.5) is 17.1 Å². The standard InChI is InChI=1S/C48H36B3N3O/c1-6-19-38(20-7-1)49-52(41-25-12-4-13-26-41)50(39-21-8-2-9-22-39)54(51(40-23-10-3-11-24-40)53(49)42-27-14-5-15-28-42)43-35-33-37(34-36-43)44-30-18-31-46-45-29-16-17-32-47(45)55-48(44)46/h1-36H. The molecule has 10 rings (SSSR count). The van der Waals surface area contributed by atoms with Gasteiger partial charge in [-0.3, -0.25) is 0 Å². The number of para-hydroxylation sites is 4. The van der Waals surface area contributed by atoms with E-state index in [0.29, 0.717) is 0 Å². The maximum absolute atomic E-state index is 6.49. The molecule has 0 spiro atoms. The topological polar surface area (TPSA) is 22.9 Å². The average molecular weight is 703 g/mol. The van der Waals surface area contributed by atoms with E-state index in [1.165, 1.54) is 16.4 Å². The van der Waals surface area contributed by atoms with Crippen LogP contribution < -0.4 is 30.6 Å². The minimum atomic E-state index is -0.191. The summed E-state index contributed by atoms with van der Waals surface area (Å²) in [6.45, 7) is -0.546. The third-order valence-corrected chi connectivity index (χ3v) is 10.9. The van der Waals surface area contributed by atoms with Crippen molar-refractivity contribution < 1.29 is 4.42 Å². The molecule has 7 heteroatoms. The van der Waals surface area contributed by atoms with Crippen molar-refractivity contribution in [2.24, 2.45) is 0 Å². The molecule has 9 aromatic rings. The lowest BCUT2D eigenvalue weighted by Gasteiger charge is -2.57. The van der Waals surface area contributed by atoms with E-state index in [4.69, 9.17) is 4.42 Å². The Kier molecular flexibility index (Phi) is 8.45. The van der Waals surface area contributed by atoms with Crippen LogP contribution in [-0.2, 0) is 0 Å². The van der Waals surface area contributed by atoms with Crippen LogP contribution in [0.3, 0.4) is 0 Å². The molecule has 1 fully saturated rings. The number of rotatable bonds is 7. The molecule has 4 nitrogen and oxygen atoms in total. The zero-order valence-corrected chi connectivity index (χ0v) is 30.3. The molecule has 0 unspecified atom stereocenters. The highest BCUT2D eigenvalue weighted by molar-refractivity contribution is 7.14. The number of fused-ring (bicyclic) bond motifs is 3. The van der Waals surface area contributed by atoms with Crippen molar-refractivity contribution in [3.8, 4) is 11.1 Å². The van der Waals surface area contributed by atoms with Crippen LogP contribution >= 0.6 is 0 Å². The molecule has 0 N–H and O–H groups in total. The molecule has 1 aromatic heterocycles. The van der Waals surface area contributed by atoms with E-state index in [0.717, 1.165) is 50.1 Å². The van der Waals surface area contributed by atoms with Crippen LogP contribution in [0.5, 0.6) is 0 Å². The summed E-state index contributed by atoms with van der Waals surface area (Å²) in [6.07, 6.45) is 0. The van der Waals surface area contributed by atoms with E-state index in [-0.39, 0.29) is 20.9 Å². The fourth-order valence-electron chi connectivity index (χ4n) is 8.48. The van der Waals surface area contributed by atoms with Gasteiger partial charge in [-0.05, 0) is 64.4 Å². The summed E-state index contributed by atoms with van der Waals surface area (Å²) in [4.78, 5) is 0. The van der Waals surface area contributed by atoms with Crippen molar-refractivity contribution in [3.05, 3.63) is 218 Å². The first kappa shape index (κ1) is 32.8. The maximum Gasteiger partial charge on any atom is 0.388 e. The monoisotopic (exact) mass is 703 g/mol. The Labute approximate surface area is 323 Å². The molecule has 1 aliphatic heterocycles. The first-order valence-electron chi connectivity index (χ1n) is 18.9. The number of furan rings is 1. The summed E-state index contributed by atoms with van der Waals surface area (Å²) in [5.41, 5.74) is 11.0. The number of benzene rings is 8. The van der Waals surface area contributed by atoms with Crippen molar-refractivity contribution in [3.63, 3.8) is 0 Å². The Bertz CT molecular complexity index is 2590. The van der Waals surface area contributed by atoms with Gasteiger partial charge in [-0.25, -0.2) is 0 Å². The number of hydrogen-bond acceptors (Lipinski definition) is 4. The van der Waals surface area contributed by atoms with Crippen molar-refractivity contribution in [1.29, 1.82) is 0 Å². The lowest BCUT2D eigenvalue weighted by molar-refractivity contribution is 0.670. The van der Waals surface area contributed by atoms with Gasteiger partial charge in [0.25, 0.3) is 0 Å². The van der Waals surface area contributed by atoms with Crippen LogP contribution in [0.2, 0.25) is 0 Å². The number of hydrogen-bond donors (Lipinski definition) is 0. The summed E-state index contributed by atoms with van der Waals surface area (Å²) < 4.78 is 14.3. The maximum atomic E-state index is 6.49. The van der Waals surface area contributed by atoms with E-state index in [2.05, 4.69) is 220 Å². The van der Waals surface area contributed by atoms with Gasteiger partial charge < -0.3 is 18.6 Å². The van der Waals surface area contributed by atoms with E-state index in [1.54, 1.807) is 0 Å². The largest absolute Gasteiger partial charge is 0.455 e. The van der Waals surface area contributed by atoms with E-state index in [1.807, 2.05) is 12.1 Å². The van der Waals surface area contributed by atoms with Crippen molar-refractivity contribution in [2.75, 3.05) is 14.2 Å². The lowest BCUT2D eigenvalue weighted by Crippen LogP contribution is -2.86. The Morgan fingerprint density at radius 1 is 0.309 bits per heavy atom. The summed E-state index contributed by atoms with van der Waals surface area (Å²) in [6, 6.07) is 78.5. The van der Waals surface area contributed by atoms with Crippen LogP contribution in [0.15, 0.2) is 223 Å². The Balaban J connectivity index is 1.23. The second-order valence-corrected chi connectivity index (χ2v) is 14.1. The molecule has 0 radical (unpaired) electrons. The average Bonchev–Trinajstić information content (AvgIpc) is 3.66. The fraction of sp³-hybridized carbons (Fsp3) is 0. The molecular weight excluding hydrogens is 667 g/mol. The second kappa shape index (κ2) is 14.2. The van der Waals surface area contributed by atoms with Crippen LogP contribution in [-0.4, -0.2) is 20.9 Å². The molecule has 258 valence electrons. The third-order valence-electron chi connectivity index (χ3n) is 10.9. The van der Waals surface area contributed by atoms with Crippen molar-refractivity contribution >= 4 is 76.3 Å².